The molecule has 5 rings (SSSR count). The van der Waals surface area contributed by atoms with Crippen molar-refractivity contribution in [2.45, 2.75) is 26.3 Å². The van der Waals surface area contributed by atoms with E-state index in [2.05, 4.69) is 39.8 Å². The second kappa shape index (κ2) is 12.7. The van der Waals surface area contributed by atoms with Crippen molar-refractivity contribution in [2.75, 3.05) is 37.9 Å². The number of hydrogen-bond acceptors (Lipinski definition) is 5. The number of methoxy groups -OCH3 is 2. The lowest BCUT2D eigenvalue weighted by Gasteiger charge is -2.29. The van der Waals surface area contributed by atoms with Gasteiger partial charge >= 0.3 is 0 Å². The first kappa shape index (κ1) is 27.9. The van der Waals surface area contributed by atoms with Crippen LogP contribution in [0.1, 0.15) is 43.0 Å². The normalized spacial score (nSPS) is 12.8. The summed E-state index contributed by atoms with van der Waals surface area (Å²) in [5.41, 5.74) is 6.85. The topological polar surface area (TPSA) is 79.9 Å². The first-order valence-corrected chi connectivity index (χ1v) is 13.8. The van der Waals surface area contributed by atoms with Gasteiger partial charge in [-0.25, -0.2) is 0 Å². The fourth-order valence-corrected chi connectivity index (χ4v) is 5.11. The van der Waals surface area contributed by atoms with Gasteiger partial charge in [-0.05, 0) is 85.0 Å². The molecule has 0 fully saturated rings. The van der Waals surface area contributed by atoms with E-state index in [-0.39, 0.29) is 11.8 Å². The Kier molecular flexibility index (Phi) is 8.65. The monoisotopic (exact) mass is 549 g/mol. The van der Waals surface area contributed by atoms with Gasteiger partial charge in [-0.2, -0.15) is 0 Å². The lowest BCUT2D eigenvalue weighted by molar-refractivity contribution is 0.102. The number of anilines is 2. The van der Waals surface area contributed by atoms with Crippen LogP contribution < -0.4 is 20.1 Å². The molecule has 0 radical (unpaired) electrons. The number of fused-ring (bicyclic) bond motifs is 1. The van der Waals surface area contributed by atoms with Crippen LogP contribution in [0.15, 0.2) is 84.9 Å². The van der Waals surface area contributed by atoms with Crippen LogP contribution in [0.5, 0.6) is 11.5 Å². The van der Waals surface area contributed by atoms with Crippen LogP contribution in [0.4, 0.5) is 11.4 Å². The summed E-state index contributed by atoms with van der Waals surface area (Å²) in [7, 11) is 3.34. The van der Waals surface area contributed by atoms with Crippen LogP contribution in [0.2, 0.25) is 0 Å². The van der Waals surface area contributed by atoms with Crippen LogP contribution in [0.25, 0.3) is 0 Å². The van der Waals surface area contributed by atoms with Gasteiger partial charge in [0.15, 0.2) is 11.5 Å². The molecule has 0 saturated heterocycles. The molecule has 1 heterocycles. The van der Waals surface area contributed by atoms with Crippen molar-refractivity contribution in [3.05, 3.63) is 118 Å². The van der Waals surface area contributed by atoms with Crippen LogP contribution in [-0.2, 0) is 19.4 Å². The van der Waals surface area contributed by atoms with E-state index >= 15 is 0 Å². The predicted octanol–water partition coefficient (Wildman–Crippen LogP) is 6.12. The molecule has 210 valence electrons. The first-order chi connectivity index (χ1) is 19.9. The summed E-state index contributed by atoms with van der Waals surface area (Å²) in [6, 6.07) is 26.5. The highest BCUT2D eigenvalue weighted by Crippen LogP contribution is 2.33. The van der Waals surface area contributed by atoms with Gasteiger partial charge in [0.05, 0.1) is 25.5 Å². The number of carbonyl (C=O) groups is 2. The SMILES string of the molecule is COc1cc2c(cc1OC)CN(CCc1ccc(NC(=O)c3cc(C)ccc3NC(=O)c3ccccc3)cc1)CC2. The fraction of sp³-hybridized carbons (Fsp3) is 0.235. The zero-order valence-corrected chi connectivity index (χ0v) is 23.7. The molecular weight excluding hydrogens is 514 g/mol. The van der Waals surface area contributed by atoms with Gasteiger partial charge in [-0.3, -0.25) is 14.5 Å². The Morgan fingerprint density at radius 2 is 1.51 bits per heavy atom. The van der Waals surface area contributed by atoms with Crippen molar-refractivity contribution >= 4 is 23.2 Å². The van der Waals surface area contributed by atoms with Crippen LogP contribution in [0.3, 0.4) is 0 Å². The summed E-state index contributed by atoms with van der Waals surface area (Å²) in [5, 5.41) is 5.86. The molecule has 1 aliphatic rings. The molecule has 2 amide bonds. The summed E-state index contributed by atoms with van der Waals surface area (Å²) in [5.74, 6) is 1.01. The highest BCUT2D eigenvalue weighted by molar-refractivity contribution is 6.12. The standard InChI is InChI=1S/C34H35N3O4/c1-23-9-14-30(36-33(38)25-7-5-4-6-8-25)29(19-23)34(39)35-28-12-10-24(11-13-28)15-17-37-18-16-26-20-31(40-2)32(41-3)21-27(26)22-37/h4-14,19-21H,15-18,22H2,1-3H3,(H,35,39)(H,36,38). The van der Waals surface area contributed by atoms with E-state index in [1.54, 1.807) is 38.5 Å². The summed E-state index contributed by atoms with van der Waals surface area (Å²) in [4.78, 5) is 28.4. The lowest BCUT2D eigenvalue weighted by atomic mass is 9.98. The minimum Gasteiger partial charge on any atom is -0.493 e. The van der Waals surface area contributed by atoms with Gasteiger partial charge in [0, 0.05) is 30.9 Å². The third-order valence-electron chi connectivity index (χ3n) is 7.43. The number of benzene rings is 4. The number of aryl methyl sites for hydroxylation is 1. The number of nitrogens with zero attached hydrogens (tertiary/aromatic N) is 1. The van der Waals surface area contributed by atoms with E-state index in [4.69, 9.17) is 9.47 Å². The molecule has 0 unspecified atom stereocenters. The van der Waals surface area contributed by atoms with E-state index in [0.29, 0.717) is 22.5 Å². The van der Waals surface area contributed by atoms with E-state index < -0.39 is 0 Å². The second-order valence-corrected chi connectivity index (χ2v) is 10.3. The van der Waals surface area contributed by atoms with Crippen molar-refractivity contribution in [1.82, 2.24) is 4.90 Å². The smallest absolute Gasteiger partial charge is 0.257 e. The minimum atomic E-state index is -0.274. The third kappa shape index (κ3) is 6.76. The largest absolute Gasteiger partial charge is 0.493 e. The van der Waals surface area contributed by atoms with E-state index in [0.717, 1.165) is 49.5 Å². The van der Waals surface area contributed by atoms with Crippen molar-refractivity contribution in [2.24, 2.45) is 0 Å². The van der Waals surface area contributed by atoms with Crippen molar-refractivity contribution in [3.8, 4) is 11.5 Å². The Labute approximate surface area is 241 Å². The van der Waals surface area contributed by atoms with Crippen molar-refractivity contribution in [1.29, 1.82) is 0 Å². The maximum absolute atomic E-state index is 13.2. The number of hydrogen-bond donors (Lipinski definition) is 2. The molecule has 0 spiro atoms. The number of rotatable bonds is 9. The van der Waals surface area contributed by atoms with Crippen molar-refractivity contribution in [3.63, 3.8) is 0 Å². The number of carbonyl (C=O) groups excluding carboxylic acids is 2. The summed E-state index contributed by atoms with van der Waals surface area (Å²) < 4.78 is 10.9. The average molecular weight is 550 g/mol. The number of amides is 2. The third-order valence-corrected chi connectivity index (χ3v) is 7.43. The zero-order valence-electron chi connectivity index (χ0n) is 23.7. The van der Waals surface area contributed by atoms with Gasteiger partial charge in [0.2, 0.25) is 0 Å². The minimum absolute atomic E-state index is 0.260. The van der Waals surface area contributed by atoms with Gasteiger partial charge in [0.1, 0.15) is 0 Å². The number of nitrogens with one attached hydrogen (secondary N) is 2. The molecular formula is C34H35N3O4. The highest BCUT2D eigenvalue weighted by atomic mass is 16.5. The van der Waals surface area contributed by atoms with E-state index in [1.807, 2.05) is 43.3 Å². The number of ether oxygens (including phenoxy) is 2. The Balaban J connectivity index is 1.19. The average Bonchev–Trinajstić information content (AvgIpc) is 3.01. The quantitative estimate of drug-likeness (QED) is 0.263. The van der Waals surface area contributed by atoms with E-state index in [1.165, 1.54) is 16.7 Å². The summed E-state index contributed by atoms with van der Waals surface area (Å²) in [6.45, 7) is 4.73. The Hall–Kier alpha value is -4.62. The Bertz CT molecular complexity index is 1530. The maximum Gasteiger partial charge on any atom is 0.257 e. The van der Waals surface area contributed by atoms with Crippen LogP contribution >= 0.6 is 0 Å². The van der Waals surface area contributed by atoms with Gasteiger partial charge in [0.25, 0.3) is 11.8 Å². The molecule has 4 aromatic rings. The second-order valence-electron chi connectivity index (χ2n) is 10.3. The zero-order chi connectivity index (χ0) is 28.8. The van der Waals surface area contributed by atoms with Crippen LogP contribution in [-0.4, -0.2) is 44.0 Å². The van der Waals surface area contributed by atoms with Gasteiger partial charge < -0.3 is 20.1 Å². The molecule has 1 aliphatic heterocycles. The molecule has 0 bridgehead atoms. The Morgan fingerprint density at radius 1 is 0.805 bits per heavy atom. The molecule has 2 N–H and O–H groups in total. The molecule has 41 heavy (non-hydrogen) atoms. The molecule has 4 aromatic carbocycles. The lowest BCUT2D eigenvalue weighted by Crippen LogP contribution is -2.32. The molecule has 0 saturated carbocycles. The predicted molar refractivity (Wildman–Crippen MR) is 162 cm³/mol. The molecule has 7 heteroatoms. The van der Waals surface area contributed by atoms with Gasteiger partial charge in [-0.1, -0.05) is 42.0 Å². The maximum atomic E-state index is 13.2. The summed E-state index contributed by atoms with van der Waals surface area (Å²) >= 11 is 0. The summed E-state index contributed by atoms with van der Waals surface area (Å²) in [6.07, 6.45) is 1.89. The van der Waals surface area contributed by atoms with Crippen molar-refractivity contribution < 1.29 is 19.1 Å². The Morgan fingerprint density at radius 3 is 2.22 bits per heavy atom. The first-order valence-electron chi connectivity index (χ1n) is 13.8. The van der Waals surface area contributed by atoms with E-state index in [9.17, 15) is 9.59 Å². The molecule has 0 atom stereocenters. The fourth-order valence-electron chi connectivity index (χ4n) is 5.11. The highest BCUT2D eigenvalue weighted by Gasteiger charge is 2.20. The van der Waals surface area contributed by atoms with Gasteiger partial charge in [-0.15, -0.1) is 0 Å². The molecule has 0 aliphatic carbocycles. The molecule has 7 nitrogen and oxygen atoms in total. The van der Waals surface area contributed by atoms with Crippen LogP contribution in [0, 0.1) is 6.92 Å². The molecule has 0 aromatic heterocycles.